The summed E-state index contributed by atoms with van der Waals surface area (Å²) in [5.74, 6) is -0.303. The first-order chi connectivity index (χ1) is 7.87. The van der Waals surface area contributed by atoms with E-state index in [-0.39, 0.29) is 12.3 Å². The molecule has 7 nitrogen and oxygen atoms in total. The maximum Gasteiger partial charge on any atom is 0.319 e. The molecule has 94 valence electrons. The molecule has 0 bridgehead atoms. The number of hydrogen-bond donors (Lipinski definition) is 4. The topological polar surface area (TPSA) is 127 Å². The summed E-state index contributed by atoms with van der Waals surface area (Å²) in [5, 5.41) is 9.65. The molecule has 0 aliphatic rings. The highest BCUT2D eigenvalue weighted by Gasteiger charge is 2.05. The number of benzene rings is 1. The lowest BCUT2D eigenvalue weighted by atomic mass is 10.3. The van der Waals surface area contributed by atoms with Crippen molar-refractivity contribution in [1.82, 2.24) is 5.32 Å². The van der Waals surface area contributed by atoms with Crippen LogP contribution in [-0.4, -0.2) is 26.7 Å². The highest BCUT2D eigenvalue weighted by molar-refractivity contribution is 7.89. The SMILES string of the molecule is Nc1ccc(NC(=O)NCCS(N)(=O)=O)cc1. The second-order valence-electron chi connectivity index (χ2n) is 3.37. The van der Waals surface area contributed by atoms with Gasteiger partial charge in [-0.1, -0.05) is 0 Å². The van der Waals surface area contributed by atoms with Crippen LogP contribution in [-0.2, 0) is 10.0 Å². The van der Waals surface area contributed by atoms with Gasteiger partial charge in [-0.05, 0) is 24.3 Å². The van der Waals surface area contributed by atoms with E-state index in [9.17, 15) is 13.2 Å². The highest BCUT2D eigenvalue weighted by Crippen LogP contribution is 2.09. The monoisotopic (exact) mass is 258 g/mol. The van der Waals surface area contributed by atoms with Gasteiger partial charge in [0, 0.05) is 17.9 Å². The van der Waals surface area contributed by atoms with Crippen molar-refractivity contribution < 1.29 is 13.2 Å². The Balaban J connectivity index is 2.37. The van der Waals surface area contributed by atoms with Crippen molar-refractivity contribution in [2.75, 3.05) is 23.3 Å². The summed E-state index contributed by atoms with van der Waals surface area (Å²) in [6.45, 7) is -0.0420. The average molecular weight is 258 g/mol. The third-order valence-electron chi connectivity index (χ3n) is 1.84. The molecule has 0 aliphatic heterocycles. The van der Waals surface area contributed by atoms with Crippen LogP contribution in [0, 0.1) is 0 Å². The van der Waals surface area contributed by atoms with Crippen molar-refractivity contribution in [3.63, 3.8) is 0 Å². The molecule has 1 rings (SSSR count). The average Bonchev–Trinajstić information content (AvgIpc) is 2.19. The Bertz CT molecular complexity index is 483. The van der Waals surface area contributed by atoms with E-state index < -0.39 is 16.1 Å². The van der Waals surface area contributed by atoms with Gasteiger partial charge in [-0.2, -0.15) is 0 Å². The maximum absolute atomic E-state index is 11.3. The number of primary sulfonamides is 1. The second-order valence-corrected chi connectivity index (χ2v) is 5.10. The third kappa shape index (κ3) is 5.73. The van der Waals surface area contributed by atoms with E-state index >= 15 is 0 Å². The molecule has 0 radical (unpaired) electrons. The molecular weight excluding hydrogens is 244 g/mol. The molecule has 0 aliphatic carbocycles. The molecule has 0 aromatic heterocycles. The lowest BCUT2D eigenvalue weighted by molar-refractivity contribution is 0.252. The number of carbonyl (C=O) groups is 1. The molecule has 0 heterocycles. The Kier molecular flexibility index (Phi) is 4.30. The number of hydrogen-bond acceptors (Lipinski definition) is 4. The first-order valence-corrected chi connectivity index (χ1v) is 6.49. The minimum atomic E-state index is -3.56. The van der Waals surface area contributed by atoms with E-state index in [0.29, 0.717) is 11.4 Å². The van der Waals surface area contributed by atoms with Crippen LogP contribution in [0.25, 0.3) is 0 Å². The predicted molar refractivity (Wildman–Crippen MR) is 65.9 cm³/mol. The van der Waals surface area contributed by atoms with Crippen LogP contribution in [0.5, 0.6) is 0 Å². The maximum atomic E-state index is 11.3. The minimum Gasteiger partial charge on any atom is -0.399 e. The Morgan fingerprint density at radius 3 is 2.35 bits per heavy atom. The first kappa shape index (κ1) is 13.3. The summed E-state index contributed by atoms with van der Waals surface area (Å²) in [5.41, 5.74) is 6.63. The summed E-state index contributed by atoms with van der Waals surface area (Å²) in [4.78, 5) is 11.3. The molecule has 1 aromatic carbocycles. The molecule has 1 aromatic rings. The number of carbonyl (C=O) groups excluding carboxylic acids is 1. The third-order valence-corrected chi connectivity index (χ3v) is 2.61. The van der Waals surface area contributed by atoms with Gasteiger partial charge in [0.25, 0.3) is 0 Å². The number of urea groups is 1. The van der Waals surface area contributed by atoms with Crippen LogP contribution in [0.2, 0.25) is 0 Å². The number of anilines is 2. The van der Waals surface area contributed by atoms with Gasteiger partial charge in [0.05, 0.1) is 5.75 Å². The van der Waals surface area contributed by atoms with E-state index in [1.165, 1.54) is 0 Å². The van der Waals surface area contributed by atoms with Gasteiger partial charge >= 0.3 is 6.03 Å². The fraction of sp³-hybridized carbons (Fsp3) is 0.222. The number of rotatable bonds is 4. The Hall–Kier alpha value is -1.80. The van der Waals surface area contributed by atoms with Crippen molar-refractivity contribution in [2.24, 2.45) is 5.14 Å². The van der Waals surface area contributed by atoms with Crippen molar-refractivity contribution in [3.05, 3.63) is 24.3 Å². The number of nitrogens with two attached hydrogens (primary N) is 2. The molecular formula is C9H14N4O3S. The Labute approximate surface area is 99.2 Å². The minimum absolute atomic E-state index is 0.0420. The second kappa shape index (κ2) is 5.51. The Morgan fingerprint density at radius 1 is 1.24 bits per heavy atom. The van der Waals surface area contributed by atoms with Crippen LogP contribution in [0.1, 0.15) is 0 Å². The molecule has 0 fully saturated rings. The normalized spacial score (nSPS) is 10.9. The zero-order valence-corrected chi connectivity index (χ0v) is 9.83. The van der Waals surface area contributed by atoms with Gasteiger partial charge in [0.1, 0.15) is 0 Å². The van der Waals surface area contributed by atoms with Crippen LogP contribution in [0.3, 0.4) is 0 Å². The van der Waals surface area contributed by atoms with Crippen LogP contribution >= 0.6 is 0 Å². The van der Waals surface area contributed by atoms with Crippen LogP contribution in [0.4, 0.5) is 16.2 Å². The fourth-order valence-corrected chi connectivity index (χ4v) is 1.44. The van der Waals surface area contributed by atoms with Crippen LogP contribution in [0.15, 0.2) is 24.3 Å². The van der Waals surface area contributed by atoms with Crippen molar-refractivity contribution in [3.8, 4) is 0 Å². The van der Waals surface area contributed by atoms with E-state index in [0.717, 1.165) is 0 Å². The standard InChI is InChI=1S/C9H14N4O3S/c10-7-1-3-8(4-2-7)13-9(14)12-5-6-17(11,15)16/h1-4H,5-6,10H2,(H2,11,15,16)(H2,12,13,14). The molecule has 17 heavy (non-hydrogen) atoms. The molecule has 6 N–H and O–H groups in total. The van der Waals surface area contributed by atoms with Gasteiger partial charge in [-0.15, -0.1) is 0 Å². The Morgan fingerprint density at radius 2 is 1.82 bits per heavy atom. The summed E-state index contributed by atoms with van der Waals surface area (Å²) in [7, 11) is -3.56. The van der Waals surface area contributed by atoms with Crippen molar-refractivity contribution >= 4 is 27.4 Å². The van der Waals surface area contributed by atoms with Gasteiger partial charge in [-0.3, -0.25) is 0 Å². The van der Waals surface area contributed by atoms with Crippen molar-refractivity contribution in [1.29, 1.82) is 0 Å². The van der Waals surface area contributed by atoms with E-state index in [1.807, 2.05) is 0 Å². The van der Waals surface area contributed by atoms with E-state index in [2.05, 4.69) is 10.6 Å². The van der Waals surface area contributed by atoms with E-state index in [4.69, 9.17) is 10.9 Å². The van der Waals surface area contributed by atoms with Gasteiger partial charge < -0.3 is 16.4 Å². The molecule has 2 amide bonds. The lowest BCUT2D eigenvalue weighted by Gasteiger charge is -2.07. The first-order valence-electron chi connectivity index (χ1n) is 4.78. The van der Waals surface area contributed by atoms with Crippen LogP contribution < -0.4 is 21.5 Å². The number of nitrogen functional groups attached to an aromatic ring is 1. The molecule has 0 saturated heterocycles. The summed E-state index contributed by atoms with van der Waals surface area (Å²) < 4.78 is 21.2. The zero-order valence-electron chi connectivity index (χ0n) is 9.01. The summed E-state index contributed by atoms with van der Waals surface area (Å²) >= 11 is 0. The molecule has 0 atom stereocenters. The molecule has 0 spiro atoms. The highest BCUT2D eigenvalue weighted by atomic mass is 32.2. The number of nitrogens with one attached hydrogen (secondary N) is 2. The largest absolute Gasteiger partial charge is 0.399 e. The van der Waals surface area contributed by atoms with Gasteiger partial charge in [-0.25, -0.2) is 18.4 Å². The summed E-state index contributed by atoms with van der Waals surface area (Å²) in [6.07, 6.45) is 0. The molecule has 0 unspecified atom stereocenters. The molecule has 0 saturated carbocycles. The number of sulfonamides is 1. The summed E-state index contributed by atoms with van der Waals surface area (Å²) in [6, 6.07) is 6.04. The van der Waals surface area contributed by atoms with E-state index in [1.54, 1.807) is 24.3 Å². The predicted octanol–water partition coefficient (Wildman–Crippen LogP) is -0.321. The van der Waals surface area contributed by atoms with Crippen molar-refractivity contribution in [2.45, 2.75) is 0 Å². The zero-order chi connectivity index (χ0) is 12.9. The smallest absolute Gasteiger partial charge is 0.319 e. The lowest BCUT2D eigenvalue weighted by Crippen LogP contribution is -2.34. The molecule has 8 heteroatoms. The fourth-order valence-electron chi connectivity index (χ4n) is 1.05. The quantitative estimate of drug-likeness (QED) is 0.552. The number of amides is 2. The van der Waals surface area contributed by atoms with Gasteiger partial charge in [0.2, 0.25) is 10.0 Å². The van der Waals surface area contributed by atoms with Gasteiger partial charge in [0.15, 0.2) is 0 Å².